The molecule has 1 fully saturated rings. The van der Waals surface area contributed by atoms with Crippen LogP contribution in [0.1, 0.15) is 39.5 Å². The molecule has 0 radical (unpaired) electrons. The third-order valence-electron chi connectivity index (χ3n) is 3.36. The molecule has 3 heteroatoms. The molecule has 0 heterocycles. The molecule has 0 bridgehead atoms. The van der Waals surface area contributed by atoms with E-state index in [9.17, 15) is 0 Å². The normalized spacial score (nSPS) is 33.2. The van der Waals surface area contributed by atoms with Gasteiger partial charge in [-0.1, -0.05) is 6.92 Å². The van der Waals surface area contributed by atoms with Gasteiger partial charge in [0.05, 0.1) is 11.7 Å². The van der Waals surface area contributed by atoms with Gasteiger partial charge in [0, 0.05) is 20.3 Å². The minimum absolute atomic E-state index is 0.0490. The number of hydrogen-bond acceptors (Lipinski definition) is 3. The van der Waals surface area contributed by atoms with Crippen LogP contribution in [-0.4, -0.2) is 32.0 Å². The third-order valence-corrected chi connectivity index (χ3v) is 3.36. The van der Waals surface area contributed by atoms with E-state index in [0.717, 1.165) is 31.8 Å². The van der Waals surface area contributed by atoms with Crippen LogP contribution in [0.5, 0.6) is 0 Å². The summed E-state index contributed by atoms with van der Waals surface area (Å²) in [5, 5.41) is 0. The molecule has 3 unspecified atom stereocenters. The monoisotopic (exact) mass is 215 g/mol. The maximum absolute atomic E-state index is 6.12. The first kappa shape index (κ1) is 12.9. The zero-order valence-corrected chi connectivity index (χ0v) is 10.3. The van der Waals surface area contributed by atoms with Gasteiger partial charge in [0.1, 0.15) is 0 Å². The highest BCUT2D eigenvalue weighted by atomic mass is 16.5. The van der Waals surface area contributed by atoms with Crippen molar-refractivity contribution in [1.29, 1.82) is 0 Å². The van der Waals surface area contributed by atoms with Crippen molar-refractivity contribution >= 4 is 0 Å². The first-order chi connectivity index (χ1) is 7.12. The predicted molar refractivity (Wildman–Crippen MR) is 61.8 cm³/mol. The van der Waals surface area contributed by atoms with Crippen LogP contribution in [0, 0.1) is 5.92 Å². The number of ether oxygens (including phenoxy) is 2. The van der Waals surface area contributed by atoms with Gasteiger partial charge >= 0.3 is 0 Å². The lowest BCUT2D eigenvalue weighted by molar-refractivity contribution is -0.0863. The van der Waals surface area contributed by atoms with Crippen LogP contribution >= 0.6 is 0 Å². The van der Waals surface area contributed by atoms with Crippen LogP contribution in [-0.2, 0) is 9.47 Å². The largest absolute Gasteiger partial charge is 0.385 e. The molecule has 0 saturated heterocycles. The maximum Gasteiger partial charge on any atom is 0.0810 e. The molecule has 1 rings (SSSR count). The van der Waals surface area contributed by atoms with Crippen molar-refractivity contribution in [2.24, 2.45) is 11.7 Å². The second kappa shape index (κ2) is 5.83. The molecule has 2 N–H and O–H groups in total. The minimum Gasteiger partial charge on any atom is -0.385 e. The van der Waals surface area contributed by atoms with Gasteiger partial charge < -0.3 is 15.2 Å². The summed E-state index contributed by atoms with van der Waals surface area (Å²) < 4.78 is 11.2. The Morgan fingerprint density at radius 3 is 2.73 bits per heavy atom. The molecule has 3 atom stereocenters. The molecule has 1 aliphatic rings. The molecule has 0 spiro atoms. The molecule has 90 valence electrons. The zero-order valence-electron chi connectivity index (χ0n) is 10.3. The van der Waals surface area contributed by atoms with Crippen LogP contribution in [0.2, 0.25) is 0 Å². The van der Waals surface area contributed by atoms with Crippen molar-refractivity contribution in [3.05, 3.63) is 0 Å². The van der Waals surface area contributed by atoms with E-state index in [2.05, 4.69) is 13.8 Å². The Balaban J connectivity index is 2.39. The lowest BCUT2D eigenvalue weighted by Crippen LogP contribution is -2.41. The predicted octanol–water partition coefficient (Wildman–Crippen LogP) is 1.95. The first-order valence-electron chi connectivity index (χ1n) is 5.99. The number of nitrogens with two attached hydrogens (primary N) is 1. The molecular formula is C12H25NO2. The Labute approximate surface area is 93.3 Å². The molecular weight excluding hydrogens is 190 g/mol. The van der Waals surface area contributed by atoms with E-state index in [0.29, 0.717) is 6.54 Å². The van der Waals surface area contributed by atoms with Crippen molar-refractivity contribution in [2.75, 3.05) is 20.3 Å². The topological polar surface area (TPSA) is 44.5 Å². The molecule has 1 aliphatic carbocycles. The highest BCUT2D eigenvalue weighted by Crippen LogP contribution is 2.37. The molecule has 0 aromatic rings. The fourth-order valence-electron chi connectivity index (χ4n) is 2.46. The summed E-state index contributed by atoms with van der Waals surface area (Å²) in [7, 11) is 1.73. The Morgan fingerprint density at radius 1 is 1.53 bits per heavy atom. The Morgan fingerprint density at radius 2 is 2.27 bits per heavy atom. The average Bonchev–Trinajstić information content (AvgIpc) is 2.58. The summed E-state index contributed by atoms with van der Waals surface area (Å²) in [5.41, 5.74) is 5.80. The highest BCUT2D eigenvalue weighted by Gasteiger charge is 2.38. The molecule has 0 aromatic heterocycles. The molecule has 15 heavy (non-hydrogen) atoms. The third kappa shape index (κ3) is 3.74. The standard InChI is InChI=1S/C12H25NO2/c1-10-4-6-12(8-10,9-13)15-11(2)5-7-14-3/h10-11H,4-9,13H2,1-3H3. The molecule has 0 aromatic carbocycles. The van der Waals surface area contributed by atoms with Crippen LogP contribution in [0.3, 0.4) is 0 Å². The summed E-state index contributed by atoms with van der Waals surface area (Å²) in [6.45, 7) is 5.80. The maximum atomic E-state index is 6.12. The van der Waals surface area contributed by atoms with Gasteiger partial charge in [-0.15, -0.1) is 0 Å². The van der Waals surface area contributed by atoms with Gasteiger partial charge in [-0.25, -0.2) is 0 Å². The van der Waals surface area contributed by atoms with Crippen molar-refractivity contribution in [1.82, 2.24) is 0 Å². The van der Waals surface area contributed by atoms with Gasteiger partial charge in [0.25, 0.3) is 0 Å². The summed E-state index contributed by atoms with van der Waals surface area (Å²) in [5.74, 6) is 0.753. The Bertz CT molecular complexity index is 186. The van der Waals surface area contributed by atoms with Crippen LogP contribution in [0.15, 0.2) is 0 Å². The second-order valence-corrected chi connectivity index (χ2v) is 4.95. The summed E-state index contributed by atoms with van der Waals surface area (Å²) in [6, 6.07) is 0. The minimum atomic E-state index is -0.0490. The number of hydrogen-bond donors (Lipinski definition) is 1. The van der Waals surface area contributed by atoms with Crippen molar-refractivity contribution in [3.63, 3.8) is 0 Å². The SMILES string of the molecule is COCCC(C)OC1(CN)CCC(C)C1. The fraction of sp³-hybridized carbons (Fsp3) is 1.00. The van der Waals surface area contributed by atoms with Gasteiger partial charge in [-0.05, 0) is 38.5 Å². The first-order valence-corrected chi connectivity index (χ1v) is 5.99. The van der Waals surface area contributed by atoms with Crippen molar-refractivity contribution in [2.45, 2.75) is 51.2 Å². The summed E-state index contributed by atoms with van der Waals surface area (Å²) in [6.07, 6.45) is 4.67. The van der Waals surface area contributed by atoms with Gasteiger partial charge in [0.15, 0.2) is 0 Å². The van der Waals surface area contributed by atoms with E-state index in [1.165, 1.54) is 6.42 Å². The molecule has 1 saturated carbocycles. The number of methoxy groups -OCH3 is 1. The quantitative estimate of drug-likeness (QED) is 0.736. The Hall–Kier alpha value is -0.120. The second-order valence-electron chi connectivity index (χ2n) is 4.95. The Kier molecular flexibility index (Phi) is 5.03. The summed E-state index contributed by atoms with van der Waals surface area (Å²) in [4.78, 5) is 0. The van der Waals surface area contributed by atoms with E-state index in [4.69, 9.17) is 15.2 Å². The van der Waals surface area contributed by atoms with Crippen LogP contribution in [0.25, 0.3) is 0 Å². The lowest BCUT2D eigenvalue weighted by atomic mass is 10.00. The van der Waals surface area contributed by atoms with Gasteiger partial charge in [-0.3, -0.25) is 0 Å². The van der Waals surface area contributed by atoms with E-state index < -0.39 is 0 Å². The number of rotatable bonds is 6. The van der Waals surface area contributed by atoms with Crippen molar-refractivity contribution in [3.8, 4) is 0 Å². The van der Waals surface area contributed by atoms with Crippen LogP contribution < -0.4 is 5.73 Å². The van der Waals surface area contributed by atoms with Gasteiger partial charge in [0.2, 0.25) is 0 Å². The summed E-state index contributed by atoms with van der Waals surface area (Å²) >= 11 is 0. The van der Waals surface area contributed by atoms with Gasteiger partial charge in [-0.2, -0.15) is 0 Å². The highest BCUT2D eigenvalue weighted by molar-refractivity contribution is 4.91. The van der Waals surface area contributed by atoms with Crippen LogP contribution in [0.4, 0.5) is 0 Å². The fourth-order valence-corrected chi connectivity index (χ4v) is 2.46. The molecule has 0 aliphatic heterocycles. The van der Waals surface area contributed by atoms with E-state index in [-0.39, 0.29) is 11.7 Å². The lowest BCUT2D eigenvalue weighted by Gasteiger charge is -2.31. The van der Waals surface area contributed by atoms with Crippen molar-refractivity contribution < 1.29 is 9.47 Å². The average molecular weight is 215 g/mol. The molecule has 3 nitrogen and oxygen atoms in total. The van der Waals surface area contributed by atoms with E-state index in [1.54, 1.807) is 7.11 Å². The smallest absolute Gasteiger partial charge is 0.0810 e. The van der Waals surface area contributed by atoms with E-state index in [1.807, 2.05) is 0 Å². The van der Waals surface area contributed by atoms with E-state index >= 15 is 0 Å². The zero-order chi connectivity index (χ0) is 11.3. The molecule has 0 amide bonds.